The molecule has 1 fully saturated rings. The number of methoxy groups -OCH3 is 1. The van der Waals surface area contributed by atoms with Crippen LogP contribution in [-0.4, -0.2) is 57.9 Å². The van der Waals surface area contributed by atoms with E-state index in [0.717, 1.165) is 0 Å². The van der Waals surface area contributed by atoms with E-state index in [0.29, 0.717) is 37.6 Å². The molecule has 1 aliphatic heterocycles. The number of sulfone groups is 1. The highest BCUT2D eigenvalue weighted by Crippen LogP contribution is 2.22. The van der Waals surface area contributed by atoms with Crippen LogP contribution >= 0.6 is 0 Å². The molecule has 0 aliphatic carbocycles. The van der Waals surface area contributed by atoms with Crippen molar-refractivity contribution in [2.45, 2.75) is 17.9 Å². The summed E-state index contributed by atoms with van der Waals surface area (Å²) in [5.74, 6) is -0.0656. The molecule has 0 bridgehead atoms. The summed E-state index contributed by atoms with van der Waals surface area (Å²) in [5.41, 5.74) is 0.562. The second kappa shape index (κ2) is 7.11. The number of amides is 1. The Morgan fingerprint density at radius 1 is 1.32 bits per heavy atom. The normalized spacial score (nSPS) is 17.1. The van der Waals surface area contributed by atoms with Gasteiger partial charge in [-0.2, -0.15) is 0 Å². The predicted octanol–water partition coefficient (Wildman–Crippen LogP) is 0.857. The van der Waals surface area contributed by atoms with E-state index in [1.807, 2.05) is 0 Å². The summed E-state index contributed by atoms with van der Waals surface area (Å²) in [6.07, 6.45) is 0. The van der Waals surface area contributed by atoms with Crippen molar-refractivity contribution in [1.82, 2.24) is 4.90 Å². The Labute approximate surface area is 130 Å². The van der Waals surface area contributed by atoms with Gasteiger partial charge in [-0.25, -0.2) is 8.42 Å². The molecule has 1 aromatic rings. The molecule has 0 saturated carbocycles. The molecule has 7 heteroatoms. The van der Waals surface area contributed by atoms with Crippen LogP contribution in [0, 0.1) is 0 Å². The van der Waals surface area contributed by atoms with Crippen molar-refractivity contribution >= 4 is 15.7 Å². The van der Waals surface area contributed by atoms with Gasteiger partial charge in [0.05, 0.1) is 26.1 Å². The second-order valence-electron chi connectivity index (χ2n) is 5.20. The van der Waals surface area contributed by atoms with E-state index in [9.17, 15) is 13.2 Å². The van der Waals surface area contributed by atoms with E-state index >= 15 is 0 Å². The van der Waals surface area contributed by atoms with Gasteiger partial charge < -0.3 is 14.4 Å². The molecule has 6 nitrogen and oxygen atoms in total. The van der Waals surface area contributed by atoms with Gasteiger partial charge in [0, 0.05) is 18.7 Å². The molecule has 1 heterocycles. The van der Waals surface area contributed by atoms with Crippen molar-refractivity contribution in [1.29, 1.82) is 0 Å². The molecular weight excluding hydrogens is 306 g/mol. The largest absolute Gasteiger partial charge is 0.496 e. The summed E-state index contributed by atoms with van der Waals surface area (Å²) < 4.78 is 35.4. The molecule has 0 aromatic heterocycles. The number of carbonyl (C=O) groups is 1. The van der Waals surface area contributed by atoms with Crippen molar-refractivity contribution in [3.05, 3.63) is 29.8 Å². The molecule has 1 saturated heterocycles. The minimum atomic E-state index is -3.61. The number of hydrogen-bond donors (Lipinski definition) is 0. The lowest BCUT2D eigenvalue weighted by Gasteiger charge is -2.29. The summed E-state index contributed by atoms with van der Waals surface area (Å²) >= 11 is 0. The van der Waals surface area contributed by atoms with Gasteiger partial charge in [-0.1, -0.05) is 18.2 Å². The second-order valence-corrected chi connectivity index (χ2v) is 7.52. The van der Waals surface area contributed by atoms with E-state index in [-0.39, 0.29) is 11.7 Å². The van der Waals surface area contributed by atoms with Crippen LogP contribution in [-0.2, 0) is 25.1 Å². The minimum Gasteiger partial charge on any atom is -0.496 e. The fourth-order valence-electron chi connectivity index (χ4n) is 2.36. The molecule has 1 atom stereocenters. The van der Waals surface area contributed by atoms with Gasteiger partial charge in [0.1, 0.15) is 11.0 Å². The fourth-order valence-corrected chi connectivity index (χ4v) is 3.74. The average molecular weight is 327 g/mol. The number of para-hydroxylation sites is 1. The molecule has 0 radical (unpaired) electrons. The Morgan fingerprint density at radius 2 is 1.95 bits per heavy atom. The number of nitrogens with zero attached hydrogens (tertiary/aromatic N) is 1. The Bertz CT molecular complexity index is 623. The van der Waals surface area contributed by atoms with Crippen LogP contribution in [0.25, 0.3) is 0 Å². The van der Waals surface area contributed by atoms with Crippen molar-refractivity contribution < 1.29 is 22.7 Å². The third-order valence-corrected chi connectivity index (χ3v) is 5.75. The minimum absolute atomic E-state index is 0.214. The number of hydrogen-bond acceptors (Lipinski definition) is 5. The van der Waals surface area contributed by atoms with E-state index < -0.39 is 15.1 Å². The first-order valence-electron chi connectivity index (χ1n) is 7.15. The van der Waals surface area contributed by atoms with Gasteiger partial charge in [-0.05, 0) is 13.0 Å². The van der Waals surface area contributed by atoms with Crippen molar-refractivity contribution in [2.24, 2.45) is 0 Å². The topological polar surface area (TPSA) is 72.9 Å². The summed E-state index contributed by atoms with van der Waals surface area (Å²) in [6.45, 7) is 3.22. The lowest BCUT2D eigenvalue weighted by atomic mass is 10.2. The first-order chi connectivity index (χ1) is 10.5. The lowest BCUT2D eigenvalue weighted by molar-refractivity contribution is -0.134. The van der Waals surface area contributed by atoms with Crippen molar-refractivity contribution in [2.75, 3.05) is 33.4 Å². The Balaban J connectivity index is 2.13. The maximum atomic E-state index is 12.5. The van der Waals surface area contributed by atoms with Gasteiger partial charge in [0.25, 0.3) is 0 Å². The first-order valence-corrected chi connectivity index (χ1v) is 8.87. The number of ether oxygens (including phenoxy) is 2. The fraction of sp³-hybridized carbons (Fsp3) is 0.533. The average Bonchev–Trinajstić information content (AvgIpc) is 2.54. The molecule has 22 heavy (non-hydrogen) atoms. The summed E-state index contributed by atoms with van der Waals surface area (Å²) in [7, 11) is -2.11. The van der Waals surface area contributed by atoms with Gasteiger partial charge in [-0.3, -0.25) is 4.79 Å². The SMILES string of the molecule is COc1ccccc1CS(=O)(=O)C(C)C(=O)N1CCOCC1. The van der Waals surface area contributed by atoms with Crippen LogP contribution in [0.5, 0.6) is 5.75 Å². The quantitative estimate of drug-likeness (QED) is 0.802. The molecule has 0 spiro atoms. The monoisotopic (exact) mass is 327 g/mol. The highest BCUT2D eigenvalue weighted by Gasteiger charge is 2.32. The van der Waals surface area contributed by atoms with Crippen LogP contribution in [0.2, 0.25) is 0 Å². The number of benzene rings is 1. The zero-order chi connectivity index (χ0) is 16.2. The van der Waals surface area contributed by atoms with E-state index in [2.05, 4.69) is 0 Å². The van der Waals surface area contributed by atoms with Crippen LogP contribution in [0.15, 0.2) is 24.3 Å². The maximum absolute atomic E-state index is 12.5. The van der Waals surface area contributed by atoms with Crippen molar-refractivity contribution in [3.63, 3.8) is 0 Å². The van der Waals surface area contributed by atoms with Gasteiger partial charge >= 0.3 is 0 Å². The molecule has 2 rings (SSSR count). The Kier molecular flexibility index (Phi) is 5.42. The van der Waals surface area contributed by atoms with Crippen molar-refractivity contribution in [3.8, 4) is 5.75 Å². The Morgan fingerprint density at radius 3 is 2.59 bits per heavy atom. The molecule has 0 N–H and O–H groups in total. The van der Waals surface area contributed by atoms with E-state index in [1.165, 1.54) is 14.0 Å². The molecular formula is C15H21NO5S. The molecule has 1 amide bonds. The smallest absolute Gasteiger partial charge is 0.240 e. The molecule has 1 aliphatic rings. The van der Waals surface area contributed by atoms with Crippen LogP contribution in [0.1, 0.15) is 12.5 Å². The summed E-state index contributed by atoms with van der Waals surface area (Å²) in [5, 5.41) is -1.07. The van der Waals surface area contributed by atoms with Crippen LogP contribution in [0.3, 0.4) is 0 Å². The standard InChI is InChI=1S/C15H21NO5S/c1-12(15(17)16-7-9-21-10-8-16)22(18,19)11-13-5-3-4-6-14(13)20-2/h3-6,12H,7-11H2,1-2H3. The van der Waals surface area contributed by atoms with E-state index in [1.54, 1.807) is 29.2 Å². The number of carbonyl (C=O) groups excluding carboxylic acids is 1. The first kappa shape index (κ1) is 16.8. The van der Waals surface area contributed by atoms with Crippen LogP contribution in [0.4, 0.5) is 0 Å². The number of rotatable bonds is 5. The number of morpholine rings is 1. The molecule has 1 aromatic carbocycles. The zero-order valence-corrected chi connectivity index (χ0v) is 13.6. The predicted molar refractivity (Wildman–Crippen MR) is 82.5 cm³/mol. The zero-order valence-electron chi connectivity index (χ0n) is 12.8. The summed E-state index contributed by atoms with van der Waals surface area (Å²) in [6, 6.07) is 6.93. The summed E-state index contributed by atoms with van der Waals surface area (Å²) in [4.78, 5) is 13.9. The third kappa shape index (κ3) is 3.78. The van der Waals surface area contributed by atoms with E-state index in [4.69, 9.17) is 9.47 Å². The highest BCUT2D eigenvalue weighted by atomic mass is 32.2. The van der Waals surface area contributed by atoms with Crippen LogP contribution < -0.4 is 4.74 Å². The molecule has 1 unspecified atom stereocenters. The van der Waals surface area contributed by atoms with Gasteiger partial charge in [-0.15, -0.1) is 0 Å². The van der Waals surface area contributed by atoms with Gasteiger partial charge in [0.2, 0.25) is 5.91 Å². The van der Waals surface area contributed by atoms with Gasteiger partial charge in [0.15, 0.2) is 9.84 Å². The third-order valence-electron chi connectivity index (χ3n) is 3.76. The maximum Gasteiger partial charge on any atom is 0.240 e. The Hall–Kier alpha value is -1.60. The molecule has 122 valence electrons. The lowest BCUT2D eigenvalue weighted by Crippen LogP contribution is -2.47. The highest BCUT2D eigenvalue weighted by molar-refractivity contribution is 7.92.